The van der Waals surface area contributed by atoms with Gasteiger partial charge in [-0.05, 0) is 111 Å². The van der Waals surface area contributed by atoms with Crippen LogP contribution in [0, 0.1) is 0 Å². The summed E-state index contributed by atoms with van der Waals surface area (Å²) in [5, 5.41) is 7.72. The number of hydrogen-bond acceptors (Lipinski definition) is 0. The molecule has 1 aliphatic rings. The van der Waals surface area contributed by atoms with Crippen LogP contribution in [-0.4, -0.2) is 0 Å². The van der Waals surface area contributed by atoms with Crippen LogP contribution in [0.4, 0.5) is 0 Å². The van der Waals surface area contributed by atoms with Crippen LogP contribution >= 0.6 is 0 Å². The van der Waals surface area contributed by atoms with E-state index in [1.165, 1.54) is 99.1 Å². The van der Waals surface area contributed by atoms with Gasteiger partial charge in [0.25, 0.3) is 0 Å². The van der Waals surface area contributed by atoms with Crippen molar-refractivity contribution in [1.29, 1.82) is 0 Å². The summed E-state index contributed by atoms with van der Waals surface area (Å²) < 4.78 is 0. The summed E-state index contributed by atoms with van der Waals surface area (Å²) in [5.74, 6) is 0. The Bertz CT molecular complexity index is 2650. The second-order valence-corrected chi connectivity index (χ2v) is 12.8. The first-order chi connectivity index (χ1) is 23.8. The zero-order valence-corrected chi connectivity index (χ0v) is 26.3. The minimum absolute atomic E-state index is 1.22. The Morgan fingerprint density at radius 2 is 0.667 bits per heavy atom. The highest BCUT2D eigenvalue weighted by Crippen LogP contribution is 2.52. The van der Waals surface area contributed by atoms with Crippen molar-refractivity contribution in [2.45, 2.75) is 0 Å². The molecule has 0 nitrogen and oxygen atoms in total. The highest BCUT2D eigenvalue weighted by atomic mass is 14.3. The van der Waals surface area contributed by atoms with E-state index < -0.39 is 0 Å². The van der Waals surface area contributed by atoms with E-state index in [9.17, 15) is 0 Å². The molecule has 0 heteroatoms. The Balaban J connectivity index is 1.37. The summed E-state index contributed by atoms with van der Waals surface area (Å²) in [7, 11) is 0. The third-order valence-corrected chi connectivity index (χ3v) is 10.2. The molecule has 0 atom stereocenters. The van der Waals surface area contributed by atoms with Crippen LogP contribution < -0.4 is 0 Å². The van der Waals surface area contributed by atoms with Crippen molar-refractivity contribution in [2.75, 3.05) is 0 Å². The largest absolute Gasteiger partial charge is 0.0622 e. The Morgan fingerprint density at radius 1 is 0.208 bits per heavy atom. The van der Waals surface area contributed by atoms with Crippen LogP contribution in [0.15, 0.2) is 182 Å². The molecule has 0 saturated carbocycles. The number of rotatable bonds is 4. The van der Waals surface area contributed by atoms with Gasteiger partial charge in [0.1, 0.15) is 0 Å². The summed E-state index contributed by atoms with van der Waals surface area (Å²) in [6.45, 7) is 0. The predicted molar refractivity (Wildman–Crippen MR) is 205 cm³/mol. The lowest BCUT2D eigenvalue weighted by Gasteiger charge is -2.21. The average molecular weight is 607 g/mol. The Hall–Kier alpha value is -6.24. The summed E-state index contributed by atoms with van der Waals surface area (Å²) in [6.07, 6.45) is 0. The van der Waals surface area contributed by atoms with Crippen molar-refractivity contribution in [3.8, 4) is 66.8 Å². The lowest BCUT2D eigenvalue weighted by atomic mass is 9.82. The van der Waals surface area contributed by atoms with Crippen LogP contribution in [-0.2, 0) is 0 Å². The molecule has 0 heterocycles. The molecule has 0 amide bonds. The Kier molecular flexibility index (Phi) is 5.98. The number of fused-ring (bicyclic) bond motifs is 5. The third kappa shape index (κ3) is 4.03. The van der Waals surface area contributed by atoms with E-state index in [0.717, 1.165) is 0 Å². The van der Waals surface area contributed by atoms with Gasteiger partial charge in [-0.2, -0.15) is 0 Å². The fourth-order valence-corrected chi connectivity index (χ4v) is 8.08. The molecule has 0 N–H and O–H groups in total. The van der Waals surface area contributed by atoms with Gasteiger partial charge in [0.05, 0.1) is 0 Å². The zero-order valence-electron chi connectivity index (χ0n) is 26.3. The van der Waals surface area contributed by atoms with Crippen molar-refractivity contribution in [1.82, 2.24) is 0 Å². The maximum absolute atomic E-state index is 2.43. The molecule has 0 bridgehead atoms. The fraction of sp³-hybridized carbons (Fsp3) is 0. The van der Waals surface area contributed by atoms with Crippen LogP contribution in [0.25, 0.3) is 99.1 Å². The second-order valence-electron chi connectivity index (χ2n) is 12.8. The smallest absolute Gasteiger partial charge is 0.00199 e. The van der Waals surface area contributed by atoms with Gasteiger partial charge in [-0.15, -0.1) is 0 Å². The summed E-state index contributed by atoms with van der Waals surface area (Å²) in [4.78, 5) is 0. The highest BCUT2D eigenvalue weighted by Gasteiger charge is 2.25. The molecule has 0 aliphatic heterocycles. The maximum atomic E-state index is 2.43. The molecule has 9 aromatic rings. The van der Waals surface area contributed by atoms with E-state index in [0.29, 0.717) is 0 Å². The van der Waals surface area contributed by atoms with Gasteiger partial charge in [-0.25, -0.2) is 0 Å². The molecule has 0 spiro atoms. The molecular formula is C48H30. The number of hydrogen-bond donors (Lipinski definition) is 0. The van der Waals surface area contributed by atoms with Crippen LogP contribution in [0.5, 0.6) is 0 Å². The van der Waals surface area contributed by atoms with Gasteiger partial charge in [0, 0.05) is 0 Å². The molecule has 10 rings (SSSR count). The monoisotopic (exact) mass is 606 g/mol. The van der Waals surface area contributed by atoms with Crippen molar-refractivity contribution in [3.05, 3.63) is 182 Å². The fourth-order valence-electron chi connectivity index (χ4n) is 8.08. The van der Waals surface area contributed by atoms with Gasteiger partial charge in [-0.3, -0.25) is 0 Å². The molecule has 0 aromatic heterocycles. The minimum atomic E-state index is 1.22. The van der Waals surface area contributed by atoms with Crippen LogP contribution in [0.1, 0.15) is 0 Å². The normalized spacial score (nSPS) is 11.8. The first kappa shape index (κ1) is 26.9. The van der Waals surface area contributed by atoms with Crippen molar-refractivity contribution < 1.29 is 0 Å². The van der Waals surface area contributed by atoms with Gasteiger partial charge < -0.3 is 0 Å². The number of benzene rings is 9. The summed E-state index contributed by atoms with van der Waals surface area (Å²) >= 11 is 0. The molecule has 0 radical (unpaired) electrons. The van der Waals surface area contributed by atoms with Crippen molar-refractivity contribution >= 4 is 32.3 Å². The van der Waals surface area contributed by atoms with Crippen LogP contribution in [0.2, 0.25) is 0 Å². The van der Waals surface area contributed by atoms with E-state index in [2.05, 4.69) is 182 Å². The molecular weight excluding hydrogens is 577 g/mol. The van der Waals surface area contributed by atoms with E-state index >= 15 is 0 Å². The van der Waals surface area contributed by atoms with Crippen molar-refractivity contribution in [3.63, 3.8) is 0 Å². The Labute approximate surface area is 280 Å². The first-order valence-electron chi connectivity index (χ1n) is 16.7. The van der Waals surface area contributed by atoms with Gasteiger partial charge in [0.15, 0.2) is 0 Å². The lowest BCUT2D eigenvalue weighted by Crippen LogP contribution is -1.93. The Morgan fingerprint density at radius 3 is 1.27 bits per heavy atom. The minimum Gasteiger partial charge on any atom is -0.0622 e. The third-order valence-electron chi connectivity index (χ3n) is 10.2. The van der Waals surface area contributed by atoms with E-state index in [4.69, 9.17) is 0 Å². The predicted octanol–water partition coefficient (Wildman–Crippen LogP) is 13.5. The first-order valence-corrected chi connectivity index (χ1v) is 16.7. The lowest BCUT2D eigenvalue weighted by molar-refractivity contribution is 1.62. The maximum Gasteiger partial charge on any atom is -0.00199 e. The van der Waals surface area contributed by atoms with E-state index in [1.807, 2.05) is 0 Å². The second kappa shape index (κ2) is 10.7. The molecule has 48 heavy (non-hydrogen) atoms. The highest BCUT2D eigenvalue weighted by molar-refractivity contribution is 6.27. The van der Waals surface area contributed by atoms with Gasteiger partial charge in [0.2, 0.25) is 0 Å². The van der Waals surface area contributed by atoms with Gasteiger partial charge >= 0.3 is 0 Å². The molecule has 0 unspecified atom stereocenters. The van der Waals surface area contributed by atoms with E-state index in [1.54, 1.807) is 0 Å². The SMILES string of the molecule is c1ccc(-c2ccc3c(-c4ccc5c6c(cccc46)-c4ccccc4-5)c4cc(-c5ccccc5)ccc4c(-c4ccccc4)c3c2)cc1. The molecule has 0 fully saturated rings. The van der Waals surface area contributed by atoms with Crippen LogP contribution in [0.3, 0.4) is 0 Å². The van der Waals surface area contributed by atoms with E-state index in [-0.39, 0.29) is 0 Å². The van der Waals surface area contributed by atoms with Crippen molar-refractivity contribution in [2.24, 2.45) is 0 Å². The topological polar surface area (TPSA) is 0 Å². The summed E-state index contributed by atoms with van der Waals surface area (Å²) in [6, 6.07) is 67.0. The average Bonchev–Trinajstić information content (AvgIpc) is 3.49. The molecule has 222 valence electrons. The standard InChI is InChI=1S/C48H30/c1-4-13-31(14-5-1)34-24-26-43-44(29-34)46(33-17-8-3-9-18-33)42-25-23-35(32-15-6-2-7-16-32)30-45(42)48(43)41-28-27-40-37-20-11-10-19-36(37)38-21-12-22-39(41)47(38)40/h1-30H. The zero-order chi connectivity index (χ0) is 31.6. The molecule has 9 aromatic carbocycles. The molecule has 0 saturated heterocycles. The quantitative estimate of drug-likeness (QED) is 0.175. The summed E-state index contributed by atoms with van der Waals surface area (Å²) in [5.41, 5.74) is 15.3. The van der Waals surface area contributed by atoms with Gasteiger partial charge in [-0.1, -0.05) is 170 Å². The molecule has 1 aliphatic carbocycles.